The molecule has 0 spiro atoms. The fraction of sp³-hybridized carbons (Fsp3) is 0.656. The molecule has 0 aromatic carbocycles. The molecule has 0 aromatic rings. The lowest BCUT2D eigenvalue weighted by molar-refractivity contribution is -0.186. The summed E-state index contributed by atoms with van der Waals surface area (Å²) in [5, 5.41) is 9.13. The maximum absolute atomic E-state index is 14.3. The van der Waals surface area contributed by atoms with Gasteiger partial charge in [-0.15, -0.1) is 0 Å². The van der Waals surface area contributed by atoms with Crippen LogP contribution in [0.2, 0.25) is 0 Å². The summed E-state index contributed by atoms with van der Waals surface area (Å²) in [5.41, 5.74) is -0.319. The second-order valence-corrected chi connectivity index (χ2v) is 12.6. The van der Waals surface area contributed by atoms with Gasteiger partial charge in [0.25, 0.3) is 0 Å². The van der Waals surface area contributed by atoms with Crippen molar-refractivity contribution in [2.75, 3.05) is 13.6 Å². The fourth-order valence-electron chi connectivity index (χ4n) is 7.22. The van der Waals surface area contributed by atoms with E-state index in [2.05, 4.69) is 11.5 Å². The number of hydrogen-bond donors (Lipinski definition) is 1. The minimum Gasteiger partial charge on any atom is -0.490 e. The van der Waals surface area contributed by atoms with E-state index in [9.17, 15) is 31.1 Å². The van der Waals surface area contributed by atoms with E-state index in [-0.39, 0.29) is 48.6 Å². The van der Waals surface area contributed by atoms with E-state index in [1.807, 2.05) is 13.1 Å². The van der Waals surface area contributed by atoms with Gasteiger partial charge in [0.05, 0.1) is 12.0 Å². The molecule has 4 fully saturated rings. The van der Waals surface area contributed by atoms with Crippen LogP contribution in [0.4, 0.5) is 26.3 Å². The maximum Gasteiger partial charge on any atom is 0.420 e. The molecule has 4 saturated carbocycles. The van der Waals surface area contributed by atoms with Crippen molar-refractivity contribution in [2.24, 2.45) is 11.3 Å². The summed E-state index contributed by atoms with van der Waals surface area (Å²) in [6, 6.07) is 0. The van der Waals surface area contributed by atoms with Crippen LogP contribution < -0.4 is 0 Å². The monoisotopic (exact) mass is 601 g/mol. The topological polar surface area (TPSA) is 49.8 Å². The van der Waals surface area contributed by atoms with Crippen LogP contribution >= 0.6 is 0 Å². The zero-order valence-corrected chi connectivity index (χ0v) is 24.1. The van der Waals surface area contributed by atoms with E-state index in [0.29, 0.717) is 19.4 Å². The first-order valence-electron chi connectivity index (χ1n) is 14.8. The minimum absolute atomic E-state index is 0.00895. The lowest BCUT2D eigenvalue weighted by atomic mass is 9.55. The molecule has 5 aliphatic carbocycles. The van der Waals surface area contributed by atoms with Gasteiger partial charge in [-0.2, -0.15) is 26.3 Å². The predicted octanol–water partition coefficient (Wildman–Crippen LogP) is 8.83. The number of hydrogen-bond acceptors (Lipinski definition) is 3. The Morgan fingerprint density at radius 3 is 2.17 bits per heavy atom. The number of fused-ring (bicyclic) bond motifs is 3. The number of nitrogens with zero attached hydrogens (tertiary/aromatic N) is 1. The van der Waals surface area contributed by atoms with Gasteiger partial charge < -0.3 is 9.84 Å². The molecule has 5 aliphatic rings. The maximum atomic E-state index is 14.3. The minimum atomic E-state index is -4.76. The van der Waals surface area contributed by atoms with Crippen LogP contribution in [0.5, 0.6) is 0 Å². The van der Waals surface area contributed by atoms with Crippen LogP contribution in [0, 0.1) is 11.3 Å². The largest absolute Gasteiger partial charge is 0.490 e. The fourth-order valence-corrected chi connectivity index (χ4v) is 7.22. The number of alkyl halides is 6. The first-order valence-corrected chi connectivity index (χ1v) is 14.8. The van der Waals surface area contributed by atoms with E-state index in [1.54, 1.807) is 12.2 Å². The second-order valence-electron chi connectivity index (χ2n) is 12.6. The molecule has 0 aromatic heterocycles. The first kappa shape index (κ1) is 32.4. The molecule has 4 nitrogen and oxygen atoms in total. The Bertz CT molecular complexity index is 1110. The van der Waals surface area contributed by atoms with Crippen molar-refractivity contribution >= 4 is 5.97 Å². The lowest BCUT2D eigenvalue weighted by Gasteiger charge is -2.57. The van der Waals surface area contributed by atoms with E-state index < -0.39 is 41.7 Å². The molecule has 0 radical (unpaired) electrons. The molecule has 0 heterocycles. The number of likely N-dealkylation sites (N-methyl/N-ethyl adjacent to an activating group) is 1. The summed E-state index contributed by atoms with van der Waals surface area (Å²) in [4.78, 5) is 13.4. The third-order valence-corrected chi connectivity index (χ3v) is 10.0. The van der Waals surface area contributed by atoms with Gasteiger partial charge in [0, 0.05) is 18.5 Å². The van der Waals surface area contributed by atoms with Crippen molar-refractivity contribution in [3.8, 4) is 0 Å². The molecular formula is C32H41F6NO3. The summed E-state index contributed by atoms with van der Waals surface area (Å²) in [6.07, 6.45) is 4.90. The summed E-state index contributed by atoms with van der Waals surface area (Å²) < 4.78 is 87.7. The Morgan fingerprint density at radius 1 is 1.00 bits per heavy atom. The zero-order chi connectivity index (χ0) is 30.8. The number of ether oxygens (including phenoxy) is 1. The lowest BCUT2D eigenvalue weighted by Crippen LogP contribution is -2.55. The highest BCUT2D eigenvalue weighted by atomic mass is 19.4. The van der Waals surface area contributed by atoms with Gasteiger partial charge in [0.2, 0.25) is 0 Å². The Hall–Kier alpha value is -2.49. The summed E-state index contributed by atoms with van der Waals surface area (Å²) >= 11 is 0. The first-order chi connectivity index (χ1) is 19.6. The smallest absolute Gasteiger partial charge is 0.420 e. The Balaban J connectivity index is 1.44. The summed E-state index contributed by atoms with van der Waals surface area (Å²) in [7, 11) is 2.05. The van der Waals surface area contributed by atoms with Crippen LogP contribution in [0.25, 0.3) is 0 Å². The molecule has 1 N–H and O–H groups in total. The third kappa shape index (κ3) is 7.71. The molecule has 10 heteroatoms. The average Bonchev–Trinajstić information content (AvgIpc) is 2.92. The number of carbonyl (C=O) groups is 1. The Morgan fingerprint density at radius 2 is 1.62 bits per heavy atom. The van der Waals surface area contributed by atoms with Gasteiger partial charge >= 0.3 is 18.3 Å². The molecule has 42 heavy (non-hydrogen) atoms. The highest BCUT2D eigenvalue weighted by Gasteiger charge is 2.50. The van der Waals surface area contributed by atoms with Crippen LogP contribution in [0.15, 0.2) is 59.4 Å². The molecule has 0 unspecified atom stereocenters. The van der Waals surface area contributed by atoms with Gasteiger partial charge in [0.1, 0.15) is 11.3 Å². The molecule has 0 amide bonds. The number of aliphatic carboxylic acids is 1. The summed E-state index contributed by atoms with van der Waals surface area (Å²) in [6.45, 7) is 4.24. The number of halogens is 6. The molecule has 0 atom stereocenters. The number of rotatable bonds is 8. The molecule has 2 bridgehead atoms. The van der Waals surface area contributed by atoms with Gasteiger partial charge in [-0.05, 0) is 107 Å². The van der Waals surface area contributed by atoms with Crippen molar-refractivity contribution in [2.45, 2.75) is 107 Å². The van der Waals surface area contributed by atoms with E-state index >= 15 is 0 Å². The van der Waals surface area contributed by atoms with Gasteiger partial charge in [-0.1, -0.05) is 30.9 Å². The van der Waals surface area contributed by atoms with Gasteiger partial charge in [-0.25, -0.2) is 0 Å². The molecule has 5 rings (SSSR count). The normalized spacial score (nSPS) is 33.7. The van der Waals surface area contributed by atoms with Crippen molar-refractivity contribution in [3.63, 3.8) is 0 Å². The van der Waals surface area contributed by atoms with Crippen LogP contribution in [-0.4, -0.2) is 53.6 Å². The molecule has 0 saturated heterocycles. The Kier molecular flexibility index (Phi) is 9.75. The third-order valence-electron chi connectivity index (χ3n) is 10.0. The van der Waals surface area contributed by atoms with Crippen LogP contribution in [0.1, 0.15) is 83.5 Å². The quantitative estimate of drug-likeness (QED) is 0.283. The summed E-state index contributed by atoms with van der Waals surface area (Å²) in [5.74, 6) is -2.62. The van der Waals surface area contributed by atoms with Gasteiger partial charge in [-0.3, -0.25) is 9.69 Å². The number of allylic oxidation sites excluding steroid dienone is 6. The average molecular weight is 602 g/mol. The van der Waals surface area contributed by atoms with E-state index in [4.69, 9.17) is 9.84 Å². The van der Waals surface area contributed by atoms with Crippen LogP contribution in [-0.2, 0) is 9.53 Å². The van der Waals surface area contributed by atoms with E-state index in [1.165, 1.54) is 12.2 Å². The van der Waals surface area contributed by atoms with Crippen molar-refractivity contribution in [1.82, 2.24) is 4.90 Å². The number of carboxylic acid groups (broad SMARTS) is 1. The molecule has 0 aliphatic heterocycles. The molecule has 234 valence electrons. The highest BCUT2D eigenvalue weighted by Crippen LogP contribution is 2.56. The molecular weight excluding hydrogens is 560 g/mol. The Labute approximate surface area is 243 Å². The predicted molar refractivity (Wildman–Crippen MR) is 148 cm³/mol. The standard InChI is InChI=1S/C32H41F6NO3/c1-22-7-8-23(21-39(2)30-18-15-29(16-19-30,17-20-30)14-13-27(40)41)5-3-4-6-26(28(22)32(36,37)38)42-25-11-9-24(10-12-25)31(33,34)35/h4-8,24-25H,1,3,9-21H2,2H3,(H,40,41)/b6-4-,8-7-,23-5+,28-26?. The van der Waals surface area contributed by atoms with Crippen molar-refractivity contribution in [1.29, 1.82) is 0 Å². The van der Waals surface area contributed by atoms with Crippen LogP contribution in [0.3, 0.4) is 0 Å². The SMILES string of the molecule is C=C1/C=C\C(CN(C)C23CCC(CCC(=O)O)(CC2)CC3)=C/C/C=C\C(OC2CCC(C(F)(F)F)CC2)=C1C(F)(F)F. The zero-order valence-electron chi connectivity index (χ0n) is 24.1. The second kappa shape index (κ2) is 12.6. The van der Waals surface area contributed by atoms with E-state index in [0.717, 1.165) is 44.1 Å². The highest BCUT2D eigenvalue weighted by molar-refractivity contribution is 5.66. The van der Waals surface area contributed by atoms with Crippen molar-refractivity contribution < 1.29 is 41.0 Å². The van der Waals surface area contributed by atoms with Gasteiger partial charge in [0.15, 0.2) is 0 Å². The van der Waals surface area contributed by atoms with Crippen molar-refractivity contribution in [3.05, 3.63) is 59.4 Å². The number of carboxylic acids is 1.